The van der Waals surface area contributed by atoms with E-state index in [1.807, 2.05) is 41.3 Å². The number of Topliss-reactive ketones (excluding diaryl/α,β-unsaturated/α-hetero) is 1. The first kappa shape index (κ1) is 34.8. The largest absolute Gasteiger partial charge is 0.397 e. The van der Waals surface area contributed by atoms with Crippen molar-refractivity contribution in [2.45, 2.75) is 37.8 Å². The highest BCUT2D eigenvalue weighted by atomic mass is 79.9. The van der Waals surface area contributed by atoms with Crippen LogP contribution >= 0.6 is 31.9 Å². The van der Waals surface area contributed by atoms with Crippen LogP contribution in [0.5, 0.6) is 0 Å². The van der Waals surface area contributed by atoms with E-state index < -0.39 is 6.04 Å². The van der Waals surface area contributed by atoms with E-state index in [0.29, 0.717) is 65.8 Å². The summed E-state index contributed by atoms with van der Waals surface area (Å²) in [6.45, 7) is 4.43. The van der Waals surface area contributed by atoms with E-state index in [1.165, 1.54) is 0 Å². The van der Waals surface area contributed by atoms with Crippen LogP contribution in [0.3, 0.4) is 0 Å². The number of piperazine rings is 1. The van der Waals surface area contributed by atoms with E-state index >= 15 is 0 Å². The first-order valence-electron chi connectivity index (χ1n) is 16.5. The van der Waals surface area contributed by atoms with Gasteiger partial charge in [0, 0.05) is 96.6 Å². The number of urea groups is 1. The van der Waals surface area contributed by atoms with E-state index in [2.05, 4.69) is 57.3 Å². The van der Waals surface area contributed by atoms with E-state index in [4.69, 9.17) is 5.73 Å². The number of amides is 4. The molecule has 0 aliphatic carbocycles. The maximum atomic E-state index is 14.0. The smallest absolute Gasteiger partial charge is 0.322 e. The van der Waals surface area contributed by atoms with Gasteiger partial charge in [-0.25, -0.2) is 4.79 Å². The van der Waals surface area contributed by atoms with Gasteiger partial charge in [-0.1, -0.05) is 18.2 Å². The number of ketones is 1. The summed E-state index contributed by atoms with van der Waals surface area (Å²) in [4.78, 5) is 66.1. The fraction of sp³-hybridized carbons (Fsp3) is 0.400. The van der Waals surface area contributed by atoms with Crippen molar-refractivity contribution in [3.63, 3.8) is 0 Å². The molecule has 258 valence electrons. The van der Waals surface area contributed by atoms with Gasteiger partial charge in [0.1, 0.15) is 6.04 Å². The zero-order valence-corrected chi connectivity index (χ0v) is 30.3. The number of carbonyl (C=O) groups is 4. The minimum Gasteiger partial charge on any atom is -0.397 e. The lowest BCUT2D eigenvalue weighted by Crippen LogP contribution is -2.56. The molecule has 12 nitrogen and oxygen atoms in total. The second-order valence-electron chi connectivity index (χ2n) is 12.7. The van der Waals surface area contributed by atoms with Crippen LogP contribution < -0.4 is 21.3 Å². The third kappa shape index (κ3) is 8.42. The Bertz CT molecular complexity index is 1670. The van der Waals surface area contributed by atoms with Gasteiger partial charge in [-0.15, -0.1) is 0 Å². The van der Waals surface area contributed by atoms with Gasteiger partial charge in [0.25, 0.3) is 0 Å². The number of aromatic nitrogens is 1. The van der Waals surface area contributed by atoms with Crippen LogP contribution in [0.2, 0.25) is 0 Å². The molecule has 3 aliphatic rings. The van der Waals surface area contributed by atoms with Crippen LogP contribution in [0.1, 0.15) is 35.2 Å². The molecule has 2 fully saturated rings. The molecule has 49 heavy (non-hydrogen) atoms. The minimum absolute atomic E-state index is 0.0247. The van der Waals surface area contributed by atoms with Crippen molar-refractivity contribution in [2.75, 3.05) is 68.3 Å². The number of halogens is 2. The molecular formula is C35H40Br2N8O4. The highest BCUT2D eigenvalue weighted by Crippen LogP contribution is 2.30. The Hall–Kier alpha value is -4.01. The molecule has 4 heterocycles. The number of fused-ring (bicyclic) bond motifs is 1. The minimum atomic E-state index is -1.04. The Morgan fingerprint density at radius 2 is 1.61 bits per heavy atom. The number of nitrogens with one attached hydrogen (secondary N) is 2. The number of nitrogens with two attached hydrogens (primary N) is 1. The number of anilines is 3. The lowest BCUT2D eigenvalue weighted by atomic mass is 9.99. The molecule has 2 aromatic carbocycles. The Kier molecular flexibility index (Phi) is 11.2. The number of benzene rings is 2. The molecule has 3 aliphatic heterocycles. The highest BCUT2D eigenvalue weighted by molar-refractivity contribution is 9.11. The quantitative estimate of drug-likeness (QED) is 0.217. The van der Waals surface area contributed by atoms with Gasteiger partial charge in [0.15, 0.2) is 5.78 Å². The molecule has 14 heteroatoms. The van der Waals surface area contributed by atoms with Gasteiger partial charge in [0.2, 0.25) is 11.8 Å². The number of para-hydroxylation sites is 1. The van der Waals surface area contributed by atoms with Gasteiger partial charge in [-0.05, 0) is 87.0 Å². The number of pyridine rings is 1. The summed E-state index contributed by atoms with van der Waals surface area (Å²) in [5.74, 6) is -0.899. The molecule has 0 unspecified atom stereocenters. The van der Waals surface area contributed by atoms with Crippen LogP contribution in [0.15, 0.2) is 69.9 Å². The molecule has 4 amide bonds. The van der Waals surface area contributed by atoms with Crippen LogP contribution in [0.25, 0.3) is 0 Å². The van der Waals surface area contributed by atoms with Crippen molar-refractivity contribution in [2.24, 2.45) is 0 Å². The SMILES string of the molecule is Nc1c(Br)cc(C(=O)C[C@H](NC(=O)CN2CCN(c3ccncc3)CC2)C(=O)N2CCC(N3CCc4ccccc4NC3=O)CC2)cc1Br. The van der Waals surface area contributed by atoms with Gasteiger partial charge < -0.3 is 31.1 Å². The van der Waals surface area contributed by atoms with Crippen molar-refractivity contribution in [1.82, 2.24) is 25.0 Å². The number of piperidine rings is 1. The van der Waals surface area contributed by atoms with Crippen LogP contribution in [-0.4, -0.2) is 108 Å². The molecule has 4 N–H and O–H groups in total. The molecule has 0 bridgehead atoms. The molecule has 0 spiro atoms. The standard InChI is InChI=1S/C35H40Br2N8O4/c36-27-19-24(20-28(37)33(27)38)31(46)21-30(40-32(47)22-42-15-17-43(18-16-42)25-5-10-39-11-6-25)34(48)44-12-8-26(9-13-44)45-14-7-23-3-1-2-4-29(23)41-35(45)49/h1-6,10-11,19-20,26,30H,7-9,12-18,21-22,38H2,(H,40,47)(H,41,49)/t30-/m0/s1. The third-order valence-electron chi connectivity index (χ3n) is 9.55. The topological polar surface area (TPSA) is 144 Å². The average Bonchev–Trinajstić information content (AvgIpc) is 3.28. The lowest BCUT2D eigenvalue weighted by molar-refractivity contribution is -0.137. The summed E-state index contributed by atoms with van der Waals surface area (Å²) in [6, 6.07) is 13.8. The summed E-state index contributed by atoms with van der Waals surface area (Å²) < 4.78 is 1.12. The monoisotopic (exact) mass is 794 g/mol. The molecular weight excluding hydrogens is 756 g/mol. The number of nitrogens with zero attached hydrogens (tertiary/aromatic N) is 5. The number of carbonyl (C=O) groups excluding carboxylic acids is 4. The van der Waals surface area contributed by atoms with Crippen molar-refractivity contribution in [1.29, 1.82) is 0 Å². The first-order valence-corrected chi connectivity index (χ1v) is 18.1. The number of rotatable bonds is 9. The Labute approximate surface area is 302 Å². The highest BCUT2D eigenvalue weighted by Gasteiger charge is 2.35. The zero-order chi connectivity index (χ0) is 34.5. The van der Waals surface area contributed by atoms with Gasteiger partial charge in [-0.2, -0.15) is 0 Å². The average molecular weight is 797 g/mol. The normalized spacial score (nSPS) is 17.9. The van der Waals surface area contributed by atoms with Gasteiger partial charge in [-0.3, -0.25) is 24.3 Å². The number of nitrogen functional groups attached to an aromatic ring is 1. The number of hydrogen-bond donors (Lipinski definition) is 3. The van der Waals surface area contributed by atoms with Gasteiger partial charge >= 0.3 is 6.03 Å². The number of likely N-dealkylation sites (tertiary alicyclic amines) is 1. The van der Waals surface area contributed by atoms with Crippen LogP contribution in [0, 0.1) is 0 Å². The van der Waals surface area contributed by atoms with Crippen molar-refractivity contribution >= 4 is 72.6 Å². The Balaban J connectivity index is 1.09. The first-order chi connectivity index (χ1) is 23.7. The van der Waals surface area contributed by atoms with E-state index in [9.17, 15) is 19.2 Å². The van der Waals surface area contributed by atoms with Gasteiger partial charge in [0.05, 0.1) is 12.2 Å². The Morgan fingerprint density at radius 3 is 2.31 bits per heavy atom. The molecule has 1 atom stereocenters. The summed E-state index contributed by atoms with van der Waals surface area (Å²) >= 11 is 6.79. The zero-order valence-electron chi connectivity index (χ0n) is 27.1. The van der Waals surface area contributed by atoms with Crippen molar-refractivity contribution < 1.29 is 19.2 Å². The predicted octanol–water partition coefficient (Wildman–Crippen LogP) is 4.15. The summed E-state index contributed by atoms with van der Waals surface area (Å²) in [7, 11) is 0. The maximum absolute atomic E-state index is 14.0. The molecule has 6 rings (SSSR count). The molecule has 0 saturated carbocycles. The fourth-order valence-corrected chi connectivity index (χ4v) is 7.95. The maximum Gasteiger partial charge on any atom is 0.322 e. The predicted molar refractivity (Wildman–Crippen MR) is 195 cm³/mol. The van der Waals surface area contributed by atoms with Crippen molar-refractivity contribution in [3.05, 3.63) is 81.0 Å². The van der Waals surface area contributed by atoms with E-state index in [0.717, 1.165) is 36.4 Å². The fourth-order valence-electron chi connectivity index (χ4n) is 6.77. The second kappa shape index (κ2) is 15.7. The Morgan fingerprint density at radius 1 is 0.939 bits per heavy atom. The molecule has 1 aromatic heterocycles. The third-order valence-corrected chi connectivity index (χ3v) is 10.9. The van der Waals surface area contributed by atoms with E-state index in [-0.39, 0.29) is 42.6 Å². The number of hydrogen-bond acceptors (Lipinski definition) is 8. The molecule has 3 aromatic rings. The van der Waals surface area contributed by atoms with Crippen molar-refractivity contribution in [3.8, 4) is 0 Å². The van der Waals surface area contributed by atoms with E-state index in [1.54, 1.807) is 29.4 Å². The van der Waals surface area contributed by atoms with Crippen LogP contribution in [0.4, 0.5) is 21.9 Å². The lowest BCUT2D eigenvalue weighted by Gasteiger charge is -2.39. The summed E-state index contributed by atoms with van der Waals surface area (Å²) in [5, 5.41) is 5.94. The molecule has 2 saturated heterocycles. The van der Waals surface area contributed by atoms with Crippen LogP contribution in [-0.2, 0) is 16.0 Å². The second-order valence-corrected chi connectivity index (χ2v) is 14.4. The summed E-state index contributed by atoms with van der Waals surface area (Å²) in [5.41, 5.74) is 9.90. The molecule has 0 radical (unpaired) electrons. The summed E-state index contributed by atoms with van der Waals surface area (Å²) in [6.07, 6.45) is 5.29.